The van der Waals surface area contributed by atoms with E-state index in [0.29, 0.717) is 0 Å². The van der Waals surface area contributed by atoms with Gasteiger partial charge in [0.2, 0.25) is 12.2 Å². The van der Waals surface area contributed by atoms with Crippen LogP contribution in [-0.4, -0.2) is 71.1 Å². The van der Waals surface area contributed by atoms with Gasteiger partial charge in [-0.25, -0.2) is 14.4 Å². The van der Waals surface area contributed by atoms with Crippen LogP contribution in [0.4, 0.5) is 4.39 Å². The number of halogens is 1. The largest absolute Gasteiger partial charge is 0.445 e. The number of hydrogen-bond donors (Lipinski definition) is 3. The molecule has 3 atom stereocenters. The first-order chi connectivity index (χ1) is 8.87. The molecule has 1 heterocycles. The molecule has 9 nitrogen and oxygen atoms in total. The van der Waals surface area contributed by atoms with Crippen molar-refractivity contribution >= 4 is 17.9 Å². The van der Waals surface area contributed by atoms with E-state index in [1.807, 2.05) is 0 Å². The molecular formula is C9H11FO9. The maximum absolute atomic E-state index is 13.8. The van der Waals surface area contributed by atoms with Crippen molar-refractivity contribution in [2.24, 2.45) is 0 Å². The third kappa shape index (κ3) is 3.16. The van der Waals surface area contributed by atoms with Crippen molar-refractivity contribution in [3.8, 4) is 0 Å². The molecule has 10 heteroatoms. The number of rotatable bonds is 3. The summed E-state index contributed by atoms with van der Waals surface area (Å²) in [5.74, 6) is -8.37. The molecule has 0 radical (unpaired) electrons. The van der Waals surface area contributed by atoms with Crippen LogP contribution in [0.2, 0.25) is 0 Å². The third-order valence-electron chi connectivity index (χ3n) is 2.14. The summed E-state index contributed by atoms with van der Waals surface area (Å²) in [7, 11) is 0. The molecule has 0 aromatic carbocycles. The molecule has 0 aliphatic carbocycles. The van der Waals surface area contributed by atoms with Crippen LogP contribution in [-0.2, 0) is 28.6 Å². The molecule has 0 bridgehead atoms. The normalized spacial score (nSPS) is 32.5. The lowest BCUT2D eigenvalue weighted by Crippen LogP contribution is -2.46. The van der Waals surface area contributed by atoms with Crippen LogP contribution >= 0.6 is 0 Å². The van der Waals surface area contributed by atoms with Crippen LogP contribution in [0.5, 0.6) is 0 Å². The molecule has 0 saturated carbocycles. The smallest absolute Gasteiger partial charge is 0.388 e. The standard InChI is InChI=1S/C9H11FO9/c10-9(3-13)8(16)18-4(1-11)6(14)17-5(2-12)7(15)19-9/h4-5,11-13H,1-3H2. The van der Waals surface area contributed by atoms with Gasteiger partial charge in [-0.05, 0) is 0 Å². The molecule has 3 unspecified atom stereocenters. The number of aliphatic hydroxyl groups is 3. The molecule has 3 N–H and O–H groups in total. The van der Waals surface area contributed by atoms with E-state index in [9.17, 15) is 18.8 Å². The number of carbonyl (C=O) groups is 3. The van der Waals surface area contributed by atoms with Crippen LogP contribution in [0.3, 0.4) is 0 Å². The number of esters is 3. The molecule has 19 heavy (non-hydrogen) atoms. The Balaban J connectivity index is 3.10. The van der Waals surface area contributed by atoms with Gasteiger partial charge in [-0.3, -0.25) is 0 Å². The fourth-order valence-corrected chi connectivity index (χ4v) is 1.12. The molecule has 1 fully saturated rings. The fourth-order valence-electron chi connectivity index (χ4n) is 1.12. The molecule has 1 rings (SSSR count). The number of carbonyl (C=O) groups excluding carboxylic acids is 3. The van der Waals surface area contributed by atoms with E-state index in [2.05, 4.69) is 14.2 Å². The van der Waals surface area contributed by atoms with E-state index in [1.165, 1.54) is 0 Å². The highest BCUT2D eigenvalue weighted by Crippen LogP contribution is 2.20. The van der Waals surface area contributed by atoms with E-state index in [-0.39, 0.29) is 0 Å². The summed E-state index contributed by atoms with van der Waals surface area (Å²) in [6.07, 6.45) is -3.81. The van der Waals surface area contributed by atoms with E-state index in [1.54, 1.807) is 0 Å². The zero-order valence-electron chi connectivity index (χ0n) is 9.45. The first-order valence-electron chi connectivity index (χ1n) is 5.04. The molecule has 108 valence electrons. The lowest BCUT2D eigenvalue weighted by Gasteiger charge is -2.21. The van der Waals surface area contributed by atoms with Crippen LogP contribution in [0.25, 0.3) is 0 Å². The van der Waals surface area contributed by atoms with Gasteiger partial charge in [-0.2, -0.15) is 4.39 Å². The summed E-state index contributed by atoms with van der Waals surface area (Å²) in [4.78, 5) is 34.0. The van der Waals surface area contributed by atoms with E-state index in [4.69, 9.17) is 15.3 Å². The SMILES string of the molecule is O=C1OC(F)(CO)C(=O)OC(CO)C(=O)OC1CO. The highest BCUT2D eigenvalue weighted by Gasteiger charge is 2.49. The number of aliphatic hydroxyl groups excluding tert-OH is 3. The van der Waals surface area contributed by atoms with Gasteiger partial charge in [0.15, 0.2) is 0 Å². The Bertz CT molecular complexity index is 382. The van der Waals surface area contributed by atoms with E-state index < -0.39 is 55.8 Å². The van der Waals surface area contributed by atoms with Gasteiger partial charge in [-0.1, -0.05) is 0 Å². The lowest BCUT2D eigenvalue weighted by atomic mass is 10.3. The van der Waals surface area contributed by atoms with Crippen LogP contribution in [0.1, 0.15) is 0 Å². The van der Waals surface area contributed by atoms with Crippen LogP contribution in [0.15, 0.2) is 0 Å². The van der Waals surface area contributed by atoms with Crippen LogP contribution in [0, 0.1) is 0 Å². The minimum atomic E-state index is -3.55. The first kappa shape index (κ1) is 15.3. The average Bonchev–Trinajstić information content (AvgIpc) is 2.42. The molecule has 1 aliphatic heterocycles. The van der Waals surface area contributed by atoms with Gasteiger partial charge in [0.25, 0.3) is 0 Å². The molecular weight excluding hydrogens is 271 g/mol. The predicted octanol–water partition coefficient (Wildman–Crippen LogP) is -2.99. The van der Waals surface area contributed by atoms with E-state index >= 15 is 0 Å². The Kier molecular flexibility index (Phi) is 4.75. The Labute approximate surface area is 105 Å². The first-order valence-corrected chi connectivity index (χ1v) is 5.04. The van der Waals surface area contributed by atoms with Gasteiger partial charge in [-0.15, -0.1) is 0 Å². The summed E-state index contributed by atoms with van der Waals surface area (Å²) in [6.45, 7) is -3.65. The topological polar surface area (TPSA) is 140 Å². The van der Waals surface area contributed by atoms with Crippen molar-refractivity contribution < 1.29 is 48.3 Å². The number of cyclic esters (lactones) is 3. The Hall–Kier alpha value is -1.78. The second kappa shape index (κ2) is 5.91. The predicted molar refractivity (Wildman–Crippen MR) is 50.9 cm³/mol. The van der Waals surface area contributed by atoms with Gasteiger partial charge < -0.3 is 29.5 Å². The van der Waals surface area contributed by atoms with Gasteiger partial charge in [0.05, 0.1) is 13.2 Å². The number of hydrogen-bond acceptors (Lipinski definition) is 9. The highest BCUT2D eigenvalue weighted by molar-refractivity contribution is 5.89. The number of ether oxygens (including phenoxy) is 3. The second-order valence-corrected chi connectivity index (χ2v) is 3.49. The number of alkyl halides is 1. The van der Waals surface area contributed by atoms with Crippen molar-refractivity contribution in [3.63, 3.8) is 0 Å². The molecule has 0 aromatic rings. The van der Waals surface area contributed by atoms with Gasteiger partial charge in [0, 0.05) is 0 Å². The van der Waals surface area contributed by atoms with Crippen molar-refractivity contribution in [1.82, 2.24) is 0 Å². The quantitative estimate of drug-likeness (QED) is 0.365. The Morgan fingerprint density at radius 3 is 2.00 bits per heavy atom. The van der Waals surface area contributed by atoms with Crippen molar-refractivity contribution in [2.75, 3.05) is 19.8 Å². The van der Waals surface area contributed by atoms with Gasteiger partial charge >= 0.3 is 23.8 Å². The lowest BCUT2D eigenvalue weighted by molar-refractivity contribution is -0.217. The van der Waals surface area contributed by atoms with Crippen molar-refractivity contribution in [1.29, 1.82) is 0 Å². The summed E-state index contributed by atoms with van der Waals surface area (Å²) in [5.41, 5.74) is 0. The molecule has 0 aromatic heterocycles. The fraction of sp³-hybridized carbons (Fsp3) is 0.667. The second-order valence-electron chi connectivity index (χ2n) is 3.49. The molecule has 0 spiro atoms. The Morgan fingerprint density at radius 1 is 1.00 bits per heavy atom. The Morgan fingerprint density at radius 2 is 1.53 bits per heavy atom. The minimum Gasteiger partial charge on any atom is -0.445 e. The highest BCUT2D eigenvalue weighted by atomic mass is 19.2. The third-order valence-corrected chi connectivity index (χ3v) is 2.14. The maximum atomic E-state index is 13.8. The van der Waals surface area contributed by atoms with Gasteiger partial charge in [0.1, 0.15) is 6.61 Å². The summed E-state index contributed by atoms with van der Waals surface area (Å²) in [6, 6.07) is 0. The van der Waals surface area contributed by atoms with E-state index in [0.717, 1.165) is 0 Å². The monoisotopic (exact) mass is 282 g/mol. The molecule has 0 amide bonds. The molecule has 1 saturated heterocycles. The zero-order valence-corrected chi connectivity index (χ0v) is 9.45. The summed E-state index contributed by atoms with van der Waals surface area (Å²) >= 11 is 0. The van der Waals surface area contributed by atoms with Crippen molar-refractivity contribution in [2.45, 2.75) is 18.1 Å². The summed E-state index contributed by atoms with van der Waals surface area (Å²) < 4.78 is 26.4. The van der Waals surface area contributed by atoms with Crippen molar-refractivity contribution in [3.05, 3.63) is 0 Å². The minimum absolute atomic E-state index is 1.04. The van der Waals surface area contributed by atoms with Crippen LogP contribution < -0.4 is 0 Å². The average molecular weight is 282 g/mol. The molecule has 1 aliphatic rings. The summed E-state index contributed by atoms with van der Waals surface area (Å²) in [5, 5.41) is 26.3. The zero-order chi connectivity index (χ0) is 14.6. The maximum Gasteiger partial charge on any atom is 0.388 e.